The molecular formula is C17H26ClN. The van der Waals surface area contributed by atoms with Crippen molar-refractivity contribution >= 4 is 11.6 Å². The van der Waals surface area contributed by atoms with Crippen LogP contribution in [0.2, 0.25) is 5.02 Å². The van der Waals surface area contributed by atoms with Crippen molar-refractivity contribution in [2.75, 3.05) is 7.05 Å². The largest absolute Gasteiger partial charge is 0.316 e. The van der Waals surface area contributed by atoms with Gasteiger partial charge in [-0.3, -0.25) is 0 Å². The molecule has 1 aliphatic carbocycles. The van der Waals surface area contributed by atoms with Crippen molar-refractivity contribution in [1.29, 1.82) is 0 Å². The van der Waals surface area contributed by atoms with E-state index >= 15 is 0 Å². The van der Waals surface area contributed by atoms with Crippen LogP contribution in [0.3, 0.4) is 0 Å². The maximum Gasteiger partial charge on any atom is 0.0408 e. The zero-order valence-corrected chi connectivity index (χ0v) is 12.9. The first-order valence-corrected chi connectivity index (χ1v) is 8.04. The molecule has 106 valence electrons. The summed E-state index contributed by atoms with van der Waals surface area (Å²) in [5, 5.41) is 4.41. The predicted molar refractivity (Wildman–Crippen MR) is 83.7 cm³/mol. The van der Waals surface area contributed by atoms with E-state index in [1.165, 1.54) is 37.7 Å². The summed E-state index contributed by atoms with van der Waals surface area (Å²) in [4.78, 5) is 0. The first kappa shape index (κ1) is 14.9. The minimum Gasteiger partial charge on any atom is -0.316 e. The predicted octanol–water partition coefficient (Wildman–Crippen LogP) is 4.69. The number of likely N-dealkylation sites (N-methyl/N-ethyl adjacent to an activating group) is 1. The molecule has 0 heterocycles. The number of benzene rings is 1. The van der Waals surface area contributed by atoms with Crippen molar-refractivity contribution in [3.8, 4) is 0 Å². The maximum atomic E-state index is 6.09. The highest BCUT2D eigenvalue weighted by Gasteiger charge is 2.29. The summed E-state index contributed by atoms with van der Waals surface area (Å²) >= 11 is 6.09. The molecule has 1 nitrogen and oxygen atoms in total. The lowest BCUT2D eigenvalue weighted by atomic mass is 9.73. The number of hydrogen-bond donors (Lipinski definition) is 1. The van der Waals surface area contributed by atoms with E-state index in [9.17, 15) is 0 Å². The summed E-state index contributed by atoms with van der Waals surface area (Å²) in [5.41, 5.74) is 1.35. The lowest BCUT2D eigenvalue weighted by molar-refractivity contribution is 0.179. The summed E-state index contributed by atoms with van der Waals surface area (Å²) in [7, 11) is 2.11. The highest BCUT2D eigenvalue weighted by molar-refractivity contribution is 6.30. The van der Waals surface area contributed by atoms with E-state index < -0.39 is 0 Å². The van der Waals surface area contributed by atoms with Crippen molar-refractivity contribution in [3.05, 3.63) is 34.9 Å². The Morgan fingerprint density at radius 2 is 2.11 bits per heavy atom. The van der Waals surface area contributed by atoms with Crippen LogP contribution in [0.25, 0.3) is 0 Å². The molecule has 19 heavy (non-hydrogen) atoms. The molecule has 1 saturated carbocycles. The Labute approximate surface area is 122 Å². The molecule has 3 atom stereocenters. The molecule has 0 radical (unpaired) electrons. The van der Waals surface area contributed by atoms with E-state index in [1.807, 2.05) is 6.07 Å². The normalized spacial score (nSPS) is 25.2. The summed E-state index contributed by atoms with van der Waals surface area (Å²) < 4.78 is 0. The van der Waals surface area contributed by atoms with Gasteiger partial charge in [-0.05, 0) is 49.4 Å². The van der Waals surface area contributed by atoms with Crippen LogP contribution in [0.1, 0.15) is 44.6 Å². The van der Waals surface area contributed by atoms with Crippen molar-refractivity contribution < 1.29 is 0 Å². The summed E-state index contributed by atoms with van der Waals surface area (Å²) in [6, 6.07) is 8.90. The van der Waals surface area contributed by atoms with Gasteiger partial charge in [-0.25, -0.2) is 0 Å². The molecule has 0 aromatic heterocycles. The van der Waals surface area contributed by atoms with Gasteiger partial charge >= 0.3 is 0 Å². The minimum atomic E-state index is 0.587. The molecule has 1 aliphatic rings. The molecule has 0 spiro atoms. The number of rotatable bonds is 5. The third-order valence-corrected chi connectivity index (χ3v) is 4.96. The highest BCUT2D eigenvalue weighted by atomic mass is 35.5. The Balaban J connectivity index is 2.06. The van der Waals surface area contributed by atoms with Crippen LogP contribution in [0, 0.1) is 11.8 Å². The Hall–Kier alpha value is -0.530. The molecule has 1 N–H and O–H groups in total. The Bertz CT molecular complexity index is 391. The second kappa shape index (κ2) is 7.31. The van der Waals surface area contributed by atoms with E-state index in [-0.39, 0.29) is 0 Å². The second-order valence-electron chi connectivity index (χ2n) is 5.85. The van der Waals surface area contributed by atoms with Gasteiger partial charge in [0.15, 0.2) is 0 Å². The Kier molecular flexibility index (Phi) is 5.72. The van der Waals surface area contributed by atoms with Crippen LogP contribution in [0.5, 0.6) is 0 Å². The van der Waals surface area contributed by atoms with E-state index in [0.717, 1.165) is 23.3 Å². The lowest BCUT2D eigenvalue weighted by Gasteiger charge is -2.37. The molecule has 0 aliphatic heterocycles. The SMILES string of the molecule is CCC1CCCCC1C(Cc1cccc(Cl)c1)NC. The fourth-order valence-corrected chi connectivity index (χ4v) is 3.87. The third kappa shape index (κ3) is 3.97. The minimum absolute atomic E-state index is 0.587. The summed E-state index contributed by atoms with van der Waals surface area (Å²) in [6.45, 7) is 2.34. The van der Waals surface area contributed by atoms with Crippen LogP contribution in [-0.2, 0) is 6.42 Å². The fourth-order valence-electron chi connectivity index (χ4n) is 3.66. The molecule has 1 fully saturated rings. The number of halogens is 1. The van der Waals surface area contributed by atoms with E-state index in [2.05, 4.69) is 37.5 Å². The lowest BCUT2D eigenvalue weighted by Crippen LogP contribution is -2.40. The van der Waals surface area contributed by atoms with Crippen molar-refractivity contribution in [2.45, 2.75) is 51.5 Å². The molecule has 3 unspecified atom stereocenters. The average Bonchev–Trinajstić information content (AvgIpc) is 2.45. The van der Waals surface area contributed by atoms with Gasteiger partial charge in [0.2, 0.25) is 0 Å². The first-order valence-electron chi connectivity index (χ1n) is 7.66. The molecule has 2 heteroatoms. The van der Waals surface area contributed by atoms with E-state index in [0.29, 0.717) is 6.04 Å². The van der Waals surface area contributed by atoms with Gasteiger partial charge in [-0.15, -0.1) is 0 Å². The fraction of sp³-hybridized carbons (Fsp3) is 0.647. The molecule has 0 bridgehead atoms. The van der Waals surface area contributed by atoms with E-state index in [4.69, 9.17) is 11.6 Å². The number of hydrogen-bond acceptors (Lipinski definition) is 1. The van der Waals surface area contributed by atoms with E-state index in [1.54, 1.807) is 0 Å². The van der Waals surface area contributed by atoms with Gasteiger partial charge in [0.25, 0.3) is 0 Å². The Morgan fingerprint density at radius 3 is 2.79 bits per heavy atom. The monoisotopic (exact) mass is 279 g/mol. The second-order valence-corrected chi connectivity index (χ2v) is 6.28. The summed E-state index contributed by atoms with van der Waals surface area (Å²) in [6.07, 6.45) is 8.02. The van der Waals surface area contributed by atoms with Gasteiger partial charge in [-0.1, -0.05) is 56.3 Å². The zero-order chi connectivity index (χ0) is 13.7. The van der Waals surface area contributed by atoms with Gasteiger partial charge in [0.1, 0.15) is 0 Å². The first-order chi connectivity index (χ1) is 9.24. The molecule has 0 saturated heterocycles. The smallest absolute Gasteiger partial charge is 0.0408 e. The molecule has 0 amide bonds. The standard InChI is InChI=1S/C17H26ClN/c1-3-14-8-4-5-10-16(14)17(19-2)12-13-7-6-9-15(18)11-13/h6-7,9,11,14,16-17,19H,3-5,8,10,12H2,1-2H3. The summed E-state index contributed by atoms with van der Waals surface area (Å²) in [5.74, 6) is 1.72. The van der Waals surface area contributed by atoms with Crippen molar-refractivity contribution in [3.63, 3.8) is 0 Å². The Morgan fingerprint density at radius 1 is 1.32 bits per heavy atom. The van der Waals surface area contributed by atoms with Crippen LogP contribution in [0.4, 0.5) is 0 Å². The van der Waals surface area contributed by atoms with Gasteiger partial charge < -0.3 is 5.32 Å². The topological polar surface area (TPSA) is 12.0 Å². The highest BCUT2D eigenvalue weighted by Crippen LogP contribution is 2.35. The van der Waals surface area contributed by atoms with Crippen LogP contribution >= 0.6 is 11.6 Å². The van der Waals surface area contributed by atoms with Crippen molar-refractivity contribution in [2.24, 2.45) is 11.8 Å². The zero-order valence-electron chi connectivity index (χ0n) is 12.2. The van der Waals surface area contributed by atoms with Gasteiger partial charge in [0.05, 0.1) is 0 Å². The molecule has 2 rings (SSSR count). The van der Waals surface area contributed by atoms with Crippen LogP contribution < -0.4 is 5.32 Å². The third-order valence-electron chi connectivity index (χ3n) is 4.72. The quantitative estimate of drug-likeness (QED) is 0.825. The molecule has 1 aromatic rings. The van der Waals surface area contributed by atoms with Crippen LogP contribution in [-0.4, -0.2) is 13.1 Å². The van der Waals surface area contributed by atoms with Gasteiger partial charge in [-0.2, -0.15) is 0 Å². The average molecular weight is 280 g/mol. The molecule has 1 aromatic carbocycles. The number of nitrogens with one attached hydrogen (secondary N) is 1. The molecular weight excluding hydrogens is 254 g/mol. The maximum absolute atomic E-state index is 6.09. The van der Waals surface area contributed by atoms with Crippen molar-refractivity contribution in [1.82, 2.24) is 5.32 Å². The van der Waals surface area contributed by atoms with Crippen LogP contribution in [0.15, 0.2) is 24.3 Å². The van der Waals surface area contributed by atoms with Gasteiger partial charge in [0, 0.05) is 11.1 Å².